The number of allylic oxidation sites excluding steroid dienone is 2. The molecule has 1 atom stereocenters. The Hall–Kier alpha value is -0.605. The number of hydrogen-bond acceptors (Lipinski definition) is 3. The van der Waals surface area contributed by atoms with Gasteiger partial charge in [-0.15, -0.1) is 0 Å². The highest BCUT2D eigenvalue weighted by Gasteiger charge is 2.52. The average Bonchev–Trinajstić information content (AvgIpc) is 2.48. The van der Waals surface area contributed by atoms with Crippen molar-refractivity contribution in [3.05, 3.63) is 11.5 Å². The molecule has 0 radical (unpaired) electrons. The summed E-state index contributed by atoms with van der Waals surface area (Å²) in [6.45, 7) is 9.94. The summed E-state index contributed by atoms with van der Waals surface area (Å²) in [5.41, 5.74) is 0.637. The summed E-state index contributed by atoms with van der Waals surface area (Å²) in [5.74, 6) is 0.482. The molecular weight excluding hydrogens is 227 g/mol. The van der Waals surface area contributed by atoms with Crippen LogP contribution in [0.5, 0.6) is 0 Å². The molecule has 0 unspecified atom stereocenters. The van der Waals surface area contributed by atoms with Crippen molar-refractivity contribution in [2.75, 3.05) is 0 Å². The molecule has 2 rings (SSSR count). The van der Waals surface area contributed by atoms with Crippen LogP contribution in [0.4, 0.5) is 0 Å². The zero-order valence-corrected chi connectivity index (χ0v) is 12.1. The molecule has 100 valence electrons. The summed E-state index contributed by atoms with van der Waals surface area (Å²) >= 11 is 0. The van der Waals surface area contributed by atoms with Crippen molar-refractivity contribution in [3.63, 3.8) is 0 Å². The van der Waals surface area contributed by atoms with Gasteiger partial charge >= 0.3 is 7.12 Å². The Morgan fingerprint density at radius 2 is 1.83 bits per heavy atom. The van der Waals surface area contributed by atoms with Crippen LogP contribution in [-0.2, 0) is 14.1 Å². The molecule has 1 saturated heterocycles. The van der Waals surface area contributed by atoms with E-state index in [1.54, 1.807) is 6.92 Å². The molecule has 0 amide bonds. The largest absolute Gasteiger partial charge is 0.490 e. The highest BCUT2D eigenvalue weighted by atomic mass is 16.7. The van der Waals surface area contributed by atoms with Crippen molar-refractivity contribution in [2.45, 2.75) is 65.1 Å². The number of rotatable bonds is 2. The third-order valence-electron chi connectivity index (χ3n) is 4.58. The quantitative estimate of drug-likeness (QED) is 0.707. The van der Waals surface area contributed by atoms with Gasteiger partial charge in [0.15, 0.2) is 0 Å². The molecule has 0 N–H and O–H groups in total. The number of Topliss-reactive ketones (excluding diaryl/α,β-unsaturated/α-hetero) is 1. The molecular formula is C14H23BO3. The zero-order valence-electron chi connectivity index (χ0n) is 12.1. The number of ketones is 1. The molecule has 18 heavy (non-hydrogen) atoms. The monoisotopic (exact) mass is 250 g/mol. The summed E-state index contributed by atoms with van der Waals surface area (Å²) in [6.07, 6.45) is 4.79. The second kappa shape index (κ2) is 4.50. The van der Waals surface area contributed by atoms with Gasteiger partial charge in [0, 0.05) is 5.92 Å². The van der Waals surface area contributed by atoms with Crippen molar-refractivity contribution >= 4 is 12.9 Å². The highest BCUT2D eigenvalue weighted by molar-refractivity contribution is 6.54. The lowest BCUT2D eigenvalue weighted by Crippen LogP contribution is -2.41. The molecule has 0 bridgehead atoms. The van der Waals surface area contributed by atoms with E-state index < -0.39 is 0 Å². The summed E-state index contributed by atoms with van der Waals surface area (Å²) in [7, 11) is -0.233. The van der Waals surface area contributed by atoms with Crippen LogP contribution in [0.1, 0.15) is 53.9 Å². The zero-order chi connectivity index (χ0) is 13.6. The Kier molecular flexibility index (Phi) is 3.45. The van der Waals surface area contributed by atoms with Crippen LogP contribution in [-0.4, -0.2) is 24.1 Å². The van der Waals surface area contributed by atoms with E-state index in [1.165, 1.54) is 5.47 Å². The SMILES string of the molecule is CC(=O)[C@@H]1CC=C(B2OC(C)(C)C(C)(C)O2)CC1. The topological polar surface area (TPSA) is 35.5 Å². The lowest BCUT2D eigenvalue weighted by Gasteiger charge is -2.32. The lowest BCUT2D eigenvalue weighted by atomic mass is 9.70. The van der Waals surface area contributed by atoms with Gasteiger partial charge in [0.05, 0.1) is 11.2 Å². The molecule has 4 heteroatoms. The minimum Gasteiger partial charge on any atom is -0.400 e. The van der Waals surface area contributed by atoms with Gasteiger partial charge in [-0.25, -0.2) is 0 Å². The number of hydrogen-bond donors (Lipinski definition) is 0. The molecule has 1 aliphatic carbocycles. The van der Waals surface area contributed by atoms with Crippen molar-refractivity contribution in [3.8, 4) is 0 Å². The molecule has 0 spiro atoms. The average molecular weight is 250 g/mol. The minimum absolute atomic E-state index is 0.191. The Morgan fingerprint density at radius 3 is 2.22 bits per heavy atom. The van der Waals surface area contributed by atoms with Gasteiger partial charge in [-0.2, -0.15) is 0 Å². The van der Waals surface area contributed by atoms with Crippen molar-refractivity contribution in [1.82, 2.24) is 0 Å². The van der Waals surface area contributed by atoms with E-state index in [9.17, 15) is 4.79 Å². The van der Waals surface area contributed by atoms with Gasteiger partial charge in [-0.1, -0.05) is 6.08 Å². The first-order chi connectivity index (χ1) is 8.23. The Bertz CT molecular complexity index is 369. The van der Waals surface area contributed by atoms with E-state index in [2.05, 4.69) is 33.8 Å². The van der Waals surface area contributed by atoms with Gasteiger partial charge in [0.25, 0.3) is 0 Å². The van der Waals surface area contributed by atoms with Crippen LogP contribution in [0.15, 0.2) is 11.5 Å². The second-order valence-corrected chi connectivity index (χ2v) is 6.45. The maximum atomic E-state index is 11.3. The maximum absolute atomic E-state index is 11.3. The van der Waals surface area contributed by atoms with Crippen LogP contribution in [0, 0.1) is 5.92 Å². The normalized spacial score (nSPS) is 30.2. The maximum Gasteiger partial charge on any atom is 0.490 e. The second-order valence-electron chi connectivity index (χ2n) is 6.45. The van der Waals surface area contributed by atoms with Gasteiger partial charge in [0.1, 0.15) is 5.78 Å². The number of carbonyl (C=O) groups is 1. The molecule has 0 aromatic carbocycles. The van der Waals surface area contributed by atoms with E-state index in [4.69, 9.17) is 9.31 Å². The van der Waals surface area contributed by atoms with Crippen LogP contribution in [0.2, 0.25) is 0 Å². The Labute approximate surface area is 110 Å². The first kappa shape index (κ1) is 13.8. The van der Waals surface area contributed by atoms with Gasteiger partial charge < -0.3 is 9.31 Å². The predicted molar refractivity (Wildman–Crippen MR) is 72.2 cm³/mol. The standard InChI is InChI=1S/C14H23BO3/c1-10(16)11-6-8-12(9-7-11)15-17-13(2,3)14(4,5)18-15/h8,11H,6-7,9H2,1-5H3/t11-/m1/s1. The first-order valence-corrected chi connectivity index (χ1v) is 6.78. The fourth-order valence-electron chi connectivity index (χ4n) is 2.43. The predicted octanol–water partition coefficient (Wildman–Crippen LogP) is 2.93. The van der Waals surface area contributed by atoms with Crippen molar-refractivity contribution in [1.29, 1.82) is 0 Å². The minimum atomic E-state index is -0.282. The fraction of sp³-hybridized carbons (Fsp3) is 0.786. The van der Waals surface area contributed by atoms with Crippen molar-refractivity contribution in [2.24, 2.45) is 5.92 Å². The molecule has 1 aliphatic heterocycles. The third kappa shape index (κ3) is 2.41. The van der Waals surface area contributed by atoms with Gasteiger partial charge in [-0.05, 0) is 59.4 Å². The molecule has 1 fully saturated rings. The van der Waals surface area contributed by atoms with E-state index >= 15 is 0 Å². The van der Waals surface area contributed by atoms with Crippen LogP contribution < -0.4 is 0 Å². The van der Waals surface area contributed by atoms with Gasteiger partial charge in [-0.3, -0.25) is 4.79 Å². The van der Waals surface area contributed by atoms with E-state index in [-0.39, 0.29) is 24.2 Å². The smallest absolute Gasteiger partial charge is 0.400 e. The molecule has 1 heterocycles. The summed E-state index contributed by atoms with van der Waals surface area (Å²) in [6, 6.07) is 0. The van der Waals surface area contributed by atoms with E-state index in [0.29, 0.717) is 5.78 Å². The third-order valence-corrected chi connectivity index (χ3v) is 4.58. The summed E-state index contributed by atoms with van der Waals surface area (Å²) in [5, 5.41) is 0. The molecule has 0 saturated carbocycles. The van der Waals surface area contributed by atoms with Crippen LogP contribution >= 0.6 is 0 Å². The van der Waals surface area contributed by atoms with Crippen LogP contribution in [0.3, 0.4) is 0 Å². The fourth-order valence-corrected chi connectivity index (χ4v) is 2.43. The molecule has 3 nitrogen and oxygen atoms in total. The highest BCUT2D eigenvalue weighted by Crippen LogP contribution is 2.40. The first-order valence-electron chi connectivity index (χ1n) is 6.78. The van der Waals surface area contributed by atoms with E-state index in [0.717, 1.165) is 19.3 Å². The van der Waals surface area contributed by atoms with E-state index in [1.807, 2.05) is 0 Å². The lowest BCUT2D eigenvalue weighted by molar-refractivity contribution is -0.120. The summed E-state index contributed by atoms with van der Waals surface area (Å²) < 4.78 is 12.0. The number of carbonyl (C=O) groups excluding carboxylic acids is 1. The van der Waals surface area contributed by atoms with Gasteiger partial charge in [0.2, 0.25) is 0 Å². The Morgan fingerprint density at radius 1 is 1.28 bits per heavy atom. The molecule has 0 aromatic rings. The van der Waals surface area contributed by atoms with Crippen molar-refractivity contribution < 1.29 is 14.1 Å². The molecule has 2 aliphatic rings. The van der Waals surface area contributed by atoms with Crippen LogP contribution in [0.25, 0.3) is 0 Å². The molecule has 0 aromatic heterocycles. The Balaban J connectivity index is 2.06. The summed E-state index contributed by atoms with van der Waals surface area (Å²) in [4.78, 5) is 11.3.